The highest BCUT2D eigenvalue weighted by atomic mass is 35.5. The van der Waals surface area contributed by atoms with Gasteiger partial charge in [0.05, 0.1) is 5.56 Å². The molecule has 2 rings (SSSR count). The number of benzene rings is 1. The summed E-state index contributed by atoms with van der Waals surface area (Å²) in [6, 6.07) is 7.85. The Bertz CT molecular complexity index is 542. The molecule has 16 heavy (non-hydrogen) atoms. The van der Waals surface area contributed by atoms with Crippen molar-refractivity contribution in [2.75, 3.05) is 0 Å². The molecule has 0 radical (unpaired) electrons. The minimum absolute atomic E-state index is 0.0241. The third-order valence-corrected chi connectivity index (χ3v) is 3.10. The van der Waals surface area contributed by atoms with Crippen LogP contribution in [0.1, 0.15) is 30.6 Å². The number of ketones is 1. The number of rotatable bonds is 3. The molecule has 1 aromatic carbocycles. The molecule has 0 unspecified atom stereocenters. The normalized spacial score (nSPS) is 10.9. The summed E-state index contributed by atoms with van der Waals surface area (Å²) in [5.74, 6) is 0.0241. The topological polar surface area (TPSA) is 22.0 Å². The number of para-hydroxylation sites is 1. The molecular weight excluding hydrogens is 222 g/mol. The van der Waals surface area contributed by atoms with Gasteiger partial charge in [0.25, 0.3) is 0 Å². The summed E-state index contributed by atoms with van der Waals surface area (Å²) in [6.45, 7) is 4.50. The molecule has 1 heterocycles. The van der Waals surface area contributed by atoms with Gasteiger partial charge in [0, 0.05) is 17.4 Å². The fraction of sp³-hybridized carbons (Fsp3) is 0.308. The highest BCUT2D eigenvalue weighted by Crippen LogP contribution is 2.30. The second-order valence-electron chi connectivity index (χ2n) is 3.89. The lowest BCUT2D eigenvalue weighted by Crippen LogP contribution is -1.97. The Morgan fingerprint density at radius 3 is 2.69 bits per heavy atom. The number of aromatic nitrogens is 1. The fourth-order valence-corrected chi connectivity index (χ4v) is 2.46. The van der Waals surface area contributed by atoms with Crippen LogP contribution in [0.5, 0.6) is 0 Å². The highest BCUT2D eigenvalue weighted by Gasteiger charge is 2.17. The molecule has 84 valence electrons. The summed E-state index contributed by atoms with van der Waals surface area (Å²) in [7, 11) is 0. The third kappa shape index (κ3) is 1.63. The first-order chi connectivity index (χ1) is 7.66. The summed E-state index contributed by atoms with van der Waals surface area (Å²) < 4.78 is 2.01. The monoisotopic (exact) mass is 235 g/mol. The first-order valence-electron chi connectivity index (χ1n) is 5.44. The number of carbonyl (C=O) groups excluding carboxylic acids is 1. The quantitative estimate of drug-likeness (QED) is 0.740. The summed E-state index contributed by atoms with van der Waals surface area (Å²) >= 11 is 6.27. The molecule has 0 atom stereocenters. The van der Waals surface area contributed by atoms with E-state index < -0.39 is 0 Å². The summed E-state index contributed by atoms with van der Waals surface area (Å²) in [5, 5.41) is 1.52. The number of carbonyl (C=O) groups is 1. The number of halogens is 1. The van der Waals surface area contributed by atoms with Gasteiger partial charge in [-0.15, -0.1) is 0 Å². The van der Waals surface area contributed by atoms with Crippen LogP contribution >= 0.6 is 11.6 Å². The molecule has 0 fully saturated rings. The van der Waals surface area contributed by atoms with Gasteiger partial charge in [0.2, 0.25) is 0 Å². The smallest absolute Gasteiger partial charge is 0.163 e. The number of hydrogen-bond donors (Lipinski definition) is 0. The van der Waals surface area contributed by atoms with Crippen molar-refractivity contribution >= 4 is 28.3 Å². The van der Waals surface area contributed by atoms with Gasteiger partial charge in [-0.3, -0.25) is 4.79 Å². The van der Waals surface area contributed by atoms with E-state index >= 15 is 0 Å². The average molecular weight is 236 g/mol. The Kier molecular flexibility index (Phi) is 3.01. The lowest BCUT2D eigenvalue weighted by molar-refractivity contribution is 0.101. The minimum Gasteiger partial charge on any atom is -0.331 e. The second kappa shape index (κ2) is 4.30. The molecule has 0 spiro atoms. The Morgan fingerprint density at radius 2 is 2.06 bits per heavy atom. The summed E-state index contributed by atoms with van der Waals surface area (Å²) in [5.41, 5.74) is 1.69. The second-order valence-corrected chi connectivity index (χ2v) is 4.25. The molecule has 0 bridgehead atoms. The zero-order valence-electron chi connectivity index (χ0n) is 9.46. The van der Waals surface area contributed by atoms with Gasteiger partial charge in [0.15, 0.2) is 5.78 Å². The predicted octanol–water partition coefficient (Wildman–Crippen LogP) is 3.91. The number of hydrogen-bond acceptors (Lipinski definition) is 1. The van der Waals surface area contributed by atoms with E-state index in [1.165, 1.54) is 0 Å². The van der Waals surface area contributed by atoms with Gasteiger partial charge in [0.1, 0.15) is 5.15 Å². The number of Topliss-reactive ketones (excluding diaryl/α,β-unsaturated/α-hetero) is 1. The highest BCUT2D eigenvalue weighted by molar-refractivity contribution is 6.35. The van der Waals surface area contributed by atoms with Gasteiger partial charge in [-0.25, -0.2) is 0 Å². The van der Waals surface area contributed by atoms with Gasteiger partial charge < -0.3 is 4.57 Å². The van der Waals surface area contributed by atoms with Crippen molar-refractivity contribution in [1.29, 1.82) is 0 Å². The van der Waals surface area contributed by atoms with Gasteiger partial charge in [-0.1, -0.05) is 36.7 Å². The molecule has 0 aliphatic heterocycles. The molecular formula is C13H14ClNO. The third-order valence-electron chi connectivity index (χ3n) is 2.71. The van der Waals surface area contributed by atoms with E-state index in [1.54, 1.807) is 6.92 Å². The summed E-state index contributed by atoms with van der Waals surface area (Å²) in [6.07, 6.45) is 0.996. The Balaban J connectivity index is 2.80. The van der Waals surface area contributed by atoms with Gasteiger partial charge in [-0.2, -0.15) is 0 Å². The molecule has 0 saturated heterocycles. The fourth-order valence-electron chi connectivity index (χ4n) is 2.05. The van der Waals surface area contributed by atoms with Crippen LogP contribution in [0.2, 0.25) is 5.15 Å². The molecule has 3 heteroatoms. The Labute approximate surface area is 99.8 Å². The van der Waals surface area contributed by atoms with Crippen molar-refractivity contribution in [3.63, 3.8) is 0 Å². The van der Waals surface area contributed by atoms with Crippen LogP contribution in [0.4, 0.5) is 0 Å². The maximum Gasteiger partial charge on any atom is 0.163 e. The van der Waals surface area contributed by atoms with Crippen LogP contribution in [0.3, 0.4) is 0 Å². The van der Waals surface area contributed by atoms with Crippen LogP contribution in [-0.4, -0.2) is 10.4 Å². The molecule has 0 aliphatic carbocycles. The molecule has 0 N–H and O–H groups in total. The number of nitrogens with zero attached hydrogens (tertiary/aromatic N) is 1. The Hall–Kier alpha value is -1.28. The van der Waals surface area contributed by atoms with Crippen molar-refractivity contribution < 1.29 is 4.79 Å². The average Bonchev–Trinajstić information content (AvgIpc) is 2.53. The zero-order valence-corrected chi connectivity index (χ0v) is 10.2. The molecule has 0 aliphatic rings. The maximum atomic E-state index is 11.6. The molecule has 2 nitrogen and oxygen atoms in total. The lowest BCUT2D eigenvalue weighted by Gasteiger charge is -2.04. The van der Waals surface area contributed by atoms with E-state index in [0.29, 0.717) is 10.7 Å². The molecule has 2 aromatic rings. The first-order valence-corrected chi connectivity index (χ1v) is 5.82. The number of aryl methyl sites for hydroxylation is 1. The van der Waals surface area contributed by atoms with Crippen molar-refractivity contribution in [1.82, 2.24) is 4.57 Å². The van der Waals surface area contributed by atoms with Crippen LogP contribution in [-0.2, 0) is 6.54 Å². The van der Waals surface area contributed by atoms with Crippen molar-refractivity contribution in [3.05, 3.63) is 35.0 Å². The van der Waals surface area contributed by atoms with Crippen molar-refractivity contribution in [2.24, 2.45) is 0 Å². The van der Waals surface area contributed by atoms with Crippen LogP contribution in [0.15, 0.2) is 24.3 Å². The first kappa shape index (κ1) is 11.2. The van der Waals surface area contributed by atoms with E-state index in [0.717, 1.165) is 23.9 Å². The van der Waals surface area contributed by atoms with E-state index in [1.807, 2.05) is 28.8 Å². The van der Waals surface area contributed by atoms with E-state index in [-0.39, 0.29) is 5.78 Å². The minimum atomic E-state index is 0.0241. The molecule has 1 aromatic heterocycles. The molecule has 0 amide bonds. The predicted molar refractivity (Wildman–Crippen MR) is 67.2 cm³/mol. The van der Waals surface area contributed by atoms with Crippen molar-refractivity contribution in [3.8, 4) is 0 Å². The lowest BCUT2D eigenvalue weighted by atomic mass is 10.1. The van der Waals surface area contributed by atoms with E-state index in [2.05, 4.69) is 6.92 Å². The maximum absolute atomic E-state index is 11.6. The van der Waals surface area contributed by atoms with E-state index in [4.69, 9.17) is 11.6 Å². The van der Waals surface area contributed by atoms with Gasteiger partial charge >= 0.3 is 0 Å². The standard InChI is InChI=1S/C13H14ClNO/c1-3-8-15-11-7-5-4-6-10(11)12(9(2)16)13(15)14/h4-7H,3,8H2,1-2H3. The number of fused-ring (bicyclic) bond motifs is 1. The van der Waals surface area contributed by atoms with Crippen LogP contribution in [0, 0.1) is 0 Å². The SMILES string of the molecule is CCCn1c(Cl)c(C(C)=O)c2ccccc21. The zero-order chi connectivity index (χ0) is 11.7. The van der Waals surface area contributed by atoms with E-state index in [9.17, 15) is 4.79 Å². The van der Waals surface area contributed by atoms with Gasteiger partial charge in [-0.05, 0) is 19.4 Å². The molecule has 0 saturated carbocycles. The summed E-state index contributed by atoms with van der Waals surface area (Å²) in [4.78, 5) is 11.6. The van der Waals surface area contributed by atoms with Crippen LogP contribution in [0.25, 0.3) is 10.9 Å². The Morgan fingerprint density at radius 1 is 1.38 bits per heavy atom. The van der Waals surface area contributed by atoms with Crippen LogP contribution < -0.4 is 0 Å². The van der Waals surface area contributed by atoms with Crippen molar-refractivity contribution in [2.45, 2.75) is 26.8 Å². The largest absolute Gasteiger partial charge is 0.331 e.